The second-order valence-corrected chi connectivity index (χ2v) is 5.44. The van der Waals surface area contributed by atoms with Gasteiger partial charge in [-0.05, 0) is 25.5 Å². The first-order chi connectivity index (χ1) is 9.61. The Morgan fingerprint density at radius 1 is 1.55 bits per heavy atom. The first-order valence-corrected chi connectivity index (χ1v) is 7.39. The molecule has 0 saturated heterocycles. The van der Waals surface area contributed by atoms with Crippen molar-refractivity contribution < 1.29 is 4.79 Å². The molecule has 0 saturated carbocycles. The zero-order valence-corrected chi connectivity index (χ0v) is 12.6. The number of pyridine rings is 1. The summed E-state index contributed by atoms with van der Waals surface area (Å²) in [5.74, 6) is 0. The number of urea groups is 1. The van der Waals surface area contributed by atoms with Gasteiger partial charge in [0.05, 0.1) is 5.69 Å². The molecule has 2 amide bonds. The Bertz CT molecular complexity index is 570. The Labute approximate surface area is 122 Å². The smallest absolute Gasteiger partial charge is 0.323 e. The highest BCUT2D eigenvalue weighted by Gasteiger charge is 2.15. The van der Waals surface area contributed by atoms with Crippen molar-refractivity contribution in [3.05, 3.63) is 29.9 Å². The molecule has 0 radical (unpaired) electrons. The number of carbonyl (C=O) groups is 1. The number of rotatable bonds is 4. The fourth-order valence-electron chi connectivity index (χ4n) is 1.63. The molecule has 20 heavy (non-hydrogen) atoms. The molecule has 2 aromatic heterocycles. The zero-order chi connectivity index (χ0) is 14.5. The summed E-state index contributed by atoms with van der Waals surface area (Å²) in [6.07, 6.45) is 4.40. The highest BCUT2D eigenvalue weighted by atomic mass is 32.1. The molecule has 0 aliphatic rings. The van der Waals surface area contributed by atoms with Gasteiger partial charge in [0.15, 0.2) is 5.13 Å². The molecule has 0 fully saturated rings. The van der Waals surface area contributed by atoms with Gasteiger partial charge in [0.1, 0.15) is 0 Å². The van der Waals surface area contributed by atoms with Gasteiger partial charge in [-0.2, -0.15) is 0 Å². The number of thiazole rings is 1. The minimum absolute atomic E-state index is 0.133. The number of aromatic nitrogens is 2. The number of hydrogen-bond donors (Lipinski definition) is 1. The van der Waals surface area contributed by atoms with Gasteiger partial charge < -0.3 is 4.90 Å². The van der Waals surface area contributed by atoms with E-state index in [0.717, 1.165) is 17.7 Å². The molecule has 0 spiro atoms. The Morgan fingerprint density at radius 2 is 2.35 bits per heavy atom. The van der Waals surface area contributed by atoms with Crippen molar-refractivity contribution >= 4 is 22.5 Å². The molecular formula is C14H18N4OS. The Balaban J connectivity index is 2.05. The quantitative estimate of drug-likeness (QED) is 0.938. The van der Waals surface area contributed by atoms with Crippen molar-refractivity contribution in [3.63, 3.8) is 0 Å². The van der Waals surface area contributed by atoms with E-state index in [2.05, 4.69) is 22.2 Å². The lowest BCUT2D eigenvalue weighted by Gasteiger charge is -2.23. The number of nitrogens with zero attached hydrogens (tertiary/aromatic N) is 3. The first-order valence-electron chi connectivity index (χ1n) is 6.51. The highest BCUT2D eigenvalue weighted by Crippen LogP contribution is 2.24. The van der Waals surface area contributed by atoms with Crippen LogP contribution in [0.25, 0.3) is 11.3 Å². The van der Waals surface area contributed by atoms with Crippen LogP contribution in [-0.4, -0.2) is 34.0 Å². The molecule has 2 aromatic rings. The van der Waals surface area contributed by atoms with E-state index in [-0.39, 0.29) is 12.1 Å². The average Bonchev–Trinajstić information content (AvgIpc) is 2.95. The third-order valence-electron chi connectivity index (χ3n) is 3.25. The van der Waals surface area contributed by atoms with Gasteiger partial charge in [-0.25, -0.2) is 9.78 Å². The summed E-state index contributed by atoms with van der Waals surface area (Å²) in [6, 6.07) is 3.88. The summed E-state index contributed by atoms with van der Waals surface area (Å²) in [6.45, 7) is 4.07. The van der Waals surface area contributed by atoms with Crippen LogP contribution in [0.4, 0.5) is 9.93 Å². The van der Waals surface area contributed by atoms with E-state index >= 15 is 0 Å². The zero-order valence-electron chi connectivity index (χ0n) is 11.8. The van der Waals surface area contributed by atoms with Crippen LogP contribution in [0.1, 0.15) is 20.3 Å². The number of amides is 2. The van der Waals surface area contributed by atoms with Crippen LogP contribution in [-0.2, 0) is 0 Å². The number of carbonyl (C=O) groups excluding carboxylic acids is 1. The SMILES string of the molecule is CCC(C)N(C)C(=O)Nc1nc(-c2cccnc2)cs1. The molecule has 2 rings (SSSR count). The lowest BCUT2D eigenvalue weighted by Crippen LogP contribution is -2.37. The van der Waals surface area contributed by atoms with E-state index in [9.17, 15) is 4.79 Å². The molecule has 106 valence electrons. The van der Waals surface area contributed by atoms with E-state index in [1.165, 1.54) is 11.3 Å². The second kappa shape index (κ2) is 6.47. The van der Waals surface area contributed by atoms with Crippen LogP contribution >= 0.6 is 11.3 Å². The van der Waals surface area contributed by atoms with E-state index in [1.807, 2.05) is 24.4 Å². The van der Waals surface area contributed by atoms with E-state index in [4.69, 9.17) is 0 Å². The van der Waals surface area contributed by atoms with Crippen molar-refractivity contribution in [2.24, 2.45) is 0 Å². The van der Waals surface area contributed by atoms with Crippen LogP contribution in [0, 0.1) is 0 Å². The number of hydrogen-bond acceptors (Lipinski definition) is 4. The van der Waals surface area contributed by atoms with Gasteiger partial charge in [0.2, 0.25) is 0 Å². The minimum Gasteiger partial charge on any atom is -0.325 e. The second-order valence-electron chi connectivity index (χ2n) is 4.58. The summed E-state index contributed by atoms with van der Waals surface area (Å²) >= 11 is 1.41. The fraction of sp³-hybridized carbons (Fsp3) is 0.357. The van der Waals surface area contributed by atoms with E-state index in [0.29, 0.717) is 5.13 Å². The molecule has 1 atom stereocenters. The van der Waals surface area contributed by atoms with Crippen LogP contribution in [0.3, 0.4) is 0 Å². The predicted molar refractivity (Wildman–Crippen MR) is 81.9 cm³/mol. The van der Waals surface area contributed by atoms with Gasteiger partial charge in [-0.15, -0.1) is 11.3 Å². The molecular weight excluding hydrogens is 272 g/mol. The molecule has 0 aromatic carbocycles. The van der Waals surface area contributed by atoms with Crippen molar-refractivity contribution in [2.45, 2.75) is 26.3 Å². The number of nitrogens with one attached hydrogen (secondary N) is 1. The topological polar surface area (TPSA) is 58.1 Å². The monoisotopic (exact) mass is 290 g/mol. The van der Waals surface area contributed by atoms with Crippen LogP contribution in [0.15, 0.2) is 29.9 Å². The van der Waals surface area contributed by atoms with Gasteiger partial charge >= 0.3 is 6.03 Å². The third-order valence-corrected chi connectivity index (χ3v) is 4.01. The molecule has 1 N–H and O–H groups in total. The van der Waals surface area contributed by atoms with Crippen molar-refractivity contribution in [1.82, 2.24) is 14.9 Å². The summed E-state index contributed by atoms with van der Waals surface area (Å²) in [4.78, 5) is 22.2. The maximum absolute atomic E-state index is 12.0. The minimum atomic E-state index is -0.133. The Morgan fingerprint density at radius 3 is 3.00 bits per heavy atom. The maximum atomic E-state index is 12.0. The van der Waals surface area contributed by atoms with Gasteiger partial charge in [-0.1, -0.05) is 6.92 Å². The van der Waals surface area contributed by atoms with Crippen LogP contribution in [0.5, 0.6) is 0 Å². The standard InChI is InChI=1S/C14H18N4OS/c1-4-10(2)18(3)14(19)17-13-16-12(9-20-13)11-6-5-7-15-8-11/h5-10H,4H2,1-3H3,(H,16,17,19). The third kappa shape index (κ3) is 3.33. The summed E-state index contributed by atoms with van der Waals surface area (Å²) in [5.41, 5.74) is 1.77. The first kappa shape index (κ1) is 14.5. The molecule has 0 bridgehead atoms. The van der Waals surface area contributed by atoms with Gasteiger partial charge in [-0.3, -0.25) is 10.3 Å². The van der Waals surface area contributed by atoms with Crippen molar-refractivity contribution in [2.75, 3.05) is 12.4 Å². The van der Waals surface area contributed by atoms with E-state index in [1.54, 1.807) is 24.3 Å². The molecule has 0 aliphatic carbocycles. The molecule has 5 nitrogen and oxygen atoms in total. The van der Waals surface area contributed by atoms with Crippen LogP contribution < -0.4 is 5.32 Å². The highest BCUT2D eigenvalue weighted by molar-refractivity contribution is 7.14. The number of anilines is 1. The summed E-state index contributed by atoms with van der Waals surface area (Å²) in [7, 11) is 1.79. The Kier molecular flexibility index (Phi) is 4.68. The fourth-order valence-corrected chi connectivity index (χ4v) is 2.34. The Hall–Kier alpha value is -1.95. The molecule has 1 unspecified atom stereocenters. The van der Waals surface area contributed by atoms with E-state index < -0.39 is 0 Å². The summed E-state index contributed by atoms with van der Waals surface area (Å²) in [5, 5.41) is 5.33. The largest absolute Gasteiger partial charge is 0.325 e. The average molecular weight is 290 g/mol. The van der Waals surface area contributed by atoms with Gasteiger partial charge in [0.25, 0.3) is 0 Å². The predicted octanol–water partition coefficient (Wildman–Crippen LogP) is 3.47. The van der Waals surface area contributed by atoms with Gasteiger partial charge in [0, 0.05) is 36.4 Å². The van der Waals surface area contributed by atoms with Crippen molar-refractivity contribution in [1.29, 1.82) is 0 Å². The van der Waals surface area contributed by atoms with Crippen LogP contribution in [0.2, 0.25) is 0 Å². The van der Waals surface area contributed by atoms with Crippen molar-refractivity contribution in [3.8, 4) is 11.3 Å². The molecule has 6 heteroatoms. The lowest BCUT2D eigenvalue weighted by molar-refractivity contribution is 0.206. The lowest BCUT2D eigenvalue weighted by atomic mass is 10.2. The molecule has 2 heterocycles. The summed E-state index contributed by atoms with van der Waals surface area (Å²) < 4.78 is 0. The maximum Gasteiger partial charge on any atom is 0.323 e. The normalized spacial score (nSPS) is 11.9. The molecule has 0 aliphatic heterocycles.